The van der Waals surface area contributed by atoms with Crippen molar-refractivity contribution in [3.8, 4) is 0 Å². The number of thioether (sulfide) groups is 1. The van der Waals surface area contributed by atoms with Crippen LogP contribution in [0.3, 0.4) is 0 Å². The monoisotopic (exact) mass is 373 g/mol. The van der Waals surface area contributed by atoms with E-state index in [-0.39, 0.29) is 23.3 Å². The van der Waals surface area contributed by atoms with Gasteiger partial charge >= 0.3 is 0 Å². The molecule has 7 nitrogen and oxygen atoms in total. The van der Waals surface area contributed by atoms with Crippen LogP contribution in [0.2, 0.25) is 0 Å². The highest BCUT2D eigenvalue weighted by Gasteiger charge is 2.37. The lowest BCUT2D eigenvalue weighted by molar-refractivity contribution is -0.121. The Labute approximate surface area is 156 Å². The number of carbonyl (C=O) groups is 1. The first-order valence-corrected chi connectivity index (χ1v) is 9.81. The molecule has 0 bridgehead atoms. The summed E-state index contributed by atoms with van der Waals surface area (Å²) in [7, 11) is 0. The number of nitrogens with one attached hydrogen (secondary N) is 2. The third-order valence-corrected chi connectivity index (χ3v) is 6.04. The van der Waals surface area contributed by atoms with E-state index in [1.54, 1.807) is 0 Å². The van der Waals surface area contributed by atoms with Crippen LogP contribution in [0.1, 0.15) is 35.8 Å². The molecule has 2 N–H and O–H groups in total. The topological polar surface area (TPSA) is 81.1 Å². The van der Waals surface area contributed by atoms with Gasteiger partial charge in [-0.05, 0) is 32.3 Å². The number of aromatic nitrogens is 3. The number of nitrogens with zero attached hydrogens (tertiary/aromatic N) is 3. The molecule has 0 spiro atoms. The molecule has 0 radical (unpaired) electrons. The van der Waals surface area contributed by atoms with Crippen molar-refractivity contribution in [2.24, 2.45) is 0 Å². The quantitative estimate of drug-likeness (QED) is 0.853. The van der Waals surface area contributed by atoms with Gasteiger partial charge in [-0.2, -0.15) is 0 Å². The Kier molecular flexibility index (Phi) is 4.86. The van der Waals surface area contributed by atoms with Gasteiger partial charge in [-0.15, -0.1) is 10.2 Å². The van der Waals surface area contributed by atoms with Crippen molar-refractivity contribution >= 4 is 17.7 Å². The first-order chi connectivity index (χ1) is 12.6. The van der Waals surface area contributed by atoms with Gasteiger partial charge < -0.3 is 15.5 Å². The summed E-state index contributed by atoms with van der Waals surface area (Å²) in [5.41, 5.74) is 5.68. The van der Waals surface area contributed by atoms with Gasteiger partial charge in [0.1, 0.15) is 11.1 Å². The second-order valence-electron chi connectivity index (χ2n) is 6.80. The van der Waals surface area contributed by atoms with Crippen LogP contribution in [-0.2, 0) is 9.53 Å². The second kappa shape index (κ2) is 7.28. The van der Waals surface area contributed by atoms with Crippen molar-refractivity contribution in [2.75, 3.05) is 18.6 Å². The fourth-order valence-corrected chi connectivity index (χ4v) is 4.45. The summed E-state index contributed by atoms with van der Waals surface area (Å²) < 4.78 is 7.47. The molecule has 8 heteroatoms. The molecular formula is C18H23N5O2S. The molecule has 4 rings (SSSR count). The Morgan fingerprint density at radius 3 is 2.88 bits per heavy atom. The van der Waals surface area contributed by atoms with Crippen LogP contribution in [0.5, 0.6) is 0 Å². The summed E-state index contributed by atoms with van der Waals surface area (Å²) in [4.78, 5) is 12.9. The van der Waals surface area contributed by atoms with Gasteiger partial charge in [0.05, 0.1) is 12.1 Å². The molecule has 2 aliphatic rings. The van der Waals surface area contributed by atoms with E-state index in [1.807, 2.05) is 11.6 Å². The average molecular weight is 373 g/mol. The van der Waals surface area contributed by atoms with E-state index in [2.05, 4.69) is 52.1 Å². The van der Waals surface area contributed by atoms with Crippen molar-refractivity contribution in [1.82, 2.24) is 20.2 Å². The van der Waals surface area contributed by atoms with Crippen molar-refractivity contribution in [3.05, 3.63) is 41.2 Å². The normalized spacial score (nSPS) is 24.8. The smallest absolute Gasteiger partial charge is 0.236 e. The van der Waals surface area contributed by atoms with Gasteiger partial charge in [0.2, 0.25) is 11.1 Å². The summed E-state index contributed by atoms with van der Waals surface area (Å²) in [5.74, 6) is 0.776. The Morgan fingerprint density at radius 1 is 1.35 bits per heavy atom. The molecule has 138 valence electrons. The van der Waals surface area contributed by atoms with E-state index in [0.29, 0.717) is 11.7 Å². The number of aryl methyl sites for hydroxylation is 2. The van der Waals surface area contributed by atoms with Crippen molar-refractivity contribution in [2.45, 2.75) is 49.2 Å². The fourth-order valence-electron chi connectivity index (χ4n) is 3.30. The van der Waals surface area contributed by atoms with E-state index in [4.69, 9.17) is 4.74 Å². The predicted octanol–water partition coefficient (Wildman–Crippen LogP) is 1.95. The van der Waals surface area contributed by atoms with E-state index in [0.717, 1.165) is 30.8 Å². The Morgan fingerprint density at radius 2 is 2.15 bits per heavy atom. The lowest BCUT2D eigenvalue weighted by Crippen LogP contribution is -2.45. The summed E-state index contributed by atoms with van der Waals surface area (Å²) in [6, 6.07) is 8.11. The summed E-state index contributed by atoms with van der Waals surface area (Å²) >= 11 is 1.45. The highest BCUT2D eigenvalue weighted by atomic mass is 32.2. The molecule has 1 amide bonds. The van der Waals surface area contributed by atoms with Crippen LogP contribution in [0.4, 0.5) is 0 Å². The molecule has 1 aromatic heterocycles. The Hall–Kier alpha value is -2.06. The maximum absolute atomic E-state index is 12.9. The third-order valence-electron chi connectivity index (χ3n) is 4.82. The highest BCUT2D eigenvalue weighted by Crippen LogP contribution is 2.37. The number of fused-ring (bicyclic) bond motifs is 1. The van der Waals surface area contributed by atoms with Crippen molar-refractivity contribution in [3.63, 3.8) is 0 Å². The van der Waals surface area contributed by atoms with Crippen LogP contribution >= 0.6 is 11.8 Å². The van der Waals surface area contributed by atoms with Crippen LogP contribution in [0.25, 0.3) is 0 Å². The first kappa shape index (κ1) is 17.4. The molecule has 0 unspecified atom stereocenters. The maximum atomic E-state index is 12.9. The maximum Gasteiger partial charge on any atom is 0.236 e. The van der Waals surface area contributed by atoms with Crippen molar-refractivity contribution < 1.29 is 9.53 Å². The highest BCUT2D eigenvalue weighted by molar-refractivity contribution is 8.00. The Balaban J connectivity index is 1.56. The number of hydrogen-bond acceptors (Lipinski definition) is 6. The Bertz CT molecular complexity index is 785. The molecule has 0 aliphatic carbocycles. The number of ether oxygens (including phenoxy) is 1. The largest absolute Gasteiger partial charge is 0.376 e. The predicted molar refractivity (Wildman–Crippen MR) is 99.7 cm³/mol. The molecule has 3 atom stereocenters. The van der Waals surface area contributed by atoms with Crippen LogP contribution in [0.15, 0.2) is 29.4 Å². The number of amides is 1. The first-order valence-electron chi connectivity index (χ1n) is 8.93. The number of benzene rings is 1. The van der Waals surface area contributed by atoms with E-state index in [9.17, 15) is 4.79 Å². The number of rotatable bonds is 4. The number of carbonyl (C=O) groups excluding carboxylic acids is 1. The molecule has 1 fully saturated rings. The molecular weight excluding hydrogens is 350 g/mol. The van der Waals surface area contributed by atoms with Gasteiger partial charge in [-0.3, -0.25) is 4.79 Å². The van der Waals surface area contributed by atoms with Crippen LogP contribution in [-0.4, -0.2) is 45.3 Å². The van der Waals surface area contributed by atoms with Gasteiger partial charge in [-0.25, -0.2) is 4.68 Å². The molecule has 2 aliphatic heterocycles. The molecule has 1 saturated heterocycles. The zero-order chi connectivity index (χ0) is 18.1. The lowest BCUT2D eigenvalue weighted by atomic mass is 10.0. The van der Waals surface area contributed by atoms with Gasteiger partial charge in [0.15, 0.2) is 0 Å². The minimum Gasteiger partial charge on any atom is -0.376 e. The second-order valence-corrected chi connectivity index (χ2v) is 7.91. The minimum absolute atomic E-state index is 0.00419. The summed E-state index contributed by atoms with van der Waals surface area (Å²) in [6.45, 7) is 5.30. The van der Waals surface area contributed by atoms with Crippen molar-refractivity contribution in [1.29, 1.82) is 0 Å². The summed E-state index contributed by atoms with van der Waals surface area (Å²) in [5, 5.41) is 11.7. The fraction of sp³-hybridized carbons (Fsp3) is 0.500. The molecule has 1 aromatic carbocycles. The molecule has 3 heterocycles. The van der Waals surface area contributed by atoms with Gasteiger partial charge in [0.25, 0.3) is 0 Å². The summed E-state index contributed by atoms with van der Waals surface area (Å²) in [6.07, 6.45) is 2.20. The SMILES string of the molecule is Cc1ccc([C@@H]2Nn3c(C)nnc3S[C@H]2C(=O)NC[C@H]2CCCO2)cc1. The molecule has 26 heavy (non-hydrogen) atoms. The standard InChI is InChI=1S/C18H23N5O2S/c1-11-5-7-13(8-6-11)15-16(17(24)19-10-14-4-3-9-25-14)26-18-21-20-12(2)23(18)22-15/h5-8,14-16,22H,3-4,9-10H2,1-2H3,(H,19,24)/t14-,15+,16-/m1/s1. The van der Waals surface area contributed by atoms with Gasteiger partial charge in [0, 0.05) is 13.2 Å². The average Bonchev–Trinajstić information content (AvgIpc) is 3.29. The van der Waals surface area contributed by atoms with E-state index >= 15 is 0 Å². The number of hydrogen-bond donors (Lipinski definition) is 2. The van der Waals surface area contributed by atoms with E-state index < -0.39 is 0 Å². The third kappa shape index (κ3) is 3.43. The van der Waals surface area contributed by atoms with Crippen LogP contribution in [0, 0.1) is 13.8 Å². The zero-order valence-electron chi connectivity index (χ0n) is 14.9. The van der Waals surface area contributed by atoms with Gasteiger partial charge in [-0.1, -0.05) is 41.6 Å². The molecule has 0 saturated carbocycles. The molecule has 2 aromatic rings. The van der Waals surface area contributed by atoms with Crippen LogP contribution < -0.4 is 10.7 Å². The minimum atomic E-state index is -0.324. The van der Waals surface area contributed by atoms with E-state index in [1.165, 1.54) is 17.3 Å². The lowest BCUT2D eigenvalue weighted by Gasteiger charge is -2.33. The zero-order valence-corrected chi connectivity index (χ0v) is 15.8.